The largest absolute Gasteiger partial charge is 0.396 e. The summed E-state index contributed by atoms with van der Waals surface area (Å²) < 4.78 is 5.61. The summed E-state index contributed by atoms with van der Waals surface area (Å²) in [6, 6.07) is 0. The first-order chi connectivity index (χ1) is 17.8. The van der Waals surface area contributed by atoms with Gasteiger partial charge < -0.3 is 14.9 Å². The van der Waals surface area contributed by atoms with Gasteiger partial charge in [-0.1, -0.05) is 167 Å². The standard InChI is InChI=1S/C33H68O3/c1-2-3-4-5-6-7-8-12-15-18-21-24-27-30-33(35)36-32-29-26-23-20-17-14-11-9-10-13-16-19-22-25-28-31-34/h33-35H,2-32H2,1H3. The summed E-state index contributed by atoms with van der Waals surface area (Å²) in [5.41, 5.74) is 0. The van der Waals surface area contributed by atoms with Gasteiger partial charge in [0, 0.05) is 13.2 Å². The van der Waals surface area contributed by atoms with E-state index in [1.54, 1.807) is 0 Å². The van der Waals surface area contributed by atoms with Crippen LogP contribution < -0.4 is 0 Å². The molecule has 2 N–H and O–H groups in total. The third-order valence-electron chi connectivity index (χ3n) is 7.67. The molecule has 0 bridgehead atoms. The minimum Gasteiger partial charge on any atom is -0.396 e. The van der Waals surface area contributed by atoms with Gasteiger partial charge in [-0.15, -0.1) is 0 Å². The van der Waals surface area contributed by atoms with Crippen molar-refractivity contribution in [2.75, 3.05) is 13.2 Å². The average molecular weight is 513 g/mol. The Morgan fingerprint density at radius 2 is 0.722 bits per heavy atom. The summed E-state index contributed by atoms with van der Waals surface area (Å²) in [7, 11) is 0. The van der Waals surface area contributed by atoms with Crippen molar-refractivity contribution in [3.63, 3.8) is 0 Å². The second-order valence-corrected chi connectivity index (χ2v) is 11.4. The first-order valence-corrected chi connectivity index (χ1v) is 16.7. The maximum absolute atomic E-state index is 10.0. The van der Waals surface area contributed by atoms with E-state index in [-0.39, 0.29) is 0 Å². The van der Waals surface area contributed by atoms with Crippen LogP contribution in [-0.4, -0.2) is 29.7 Å². The second kappa shape index (κ2) is 32.9. The third-order valence-corrected chi connectivity index (χ3v) is 7.67. The normalized spacial score (nSPS) is 12.4. The zero-order valence-electron chi connectivity index (χ0n) is 24.8. The lowest BCUT2D eigenvalue weighted by Crippen LogP contribution is -2.12. The van der Waals surface area contributed by atoms with Crippen molar-refractivity contribution in [3.05, 3.63) is 0 Å². The number of aliphatic hydroxyl groups excluding tert-OH is 2. The van der Waals surface area contributed by atoms with Gasteiger partial charge in [-0.3, -0.25) is 0 Å². The minimum absolute atomic E-state index is 0.358. The average Bonchev–Trinajstić information content (AvgIpc) is 2.88. The van der Waals surface area contributed by atoms with Crippen molar-refractivity contribution in [3.8, 4) is 0 Å². The summed E-state index contributed by atoms with van der Waals surface area (Å²) in [5.74, 6) is 0. The van der Waals surface area contributed by atoms with Gasteiger partial charge in [-0.2, -0.15) is 0 Å². The molecule has 0 saturated heterocycles. The molecule has 0 aliphatic carbocycles. The van der Waals surface area contributed by atoms with Gasteiger partial charge in [0.25, 0.3) is 0 Å². The van der Waals surface area contributed by atoms with Crippen LogP contribution in [0, 0.1) is 0 Å². The molecule has 0 fully saturated rings. The first-order valence-electron chi connectivity index (χ1n) is 16.7. The van der Waals surface area contributed by atoms with Crippen LogP contribution in [0.1, 0.15) is 193 Å². The highest BCUT2D eigenvalue weighted by atomic mass is 16.6. The quantitative estimate of drug-likeness (QED) is 0.0696. The van der Waals surface area contributed by atoms with E-state index in [4.69, 9.17) is 9.84 Å². The molecule has 0 heterocycles. The molecule has 0 aliphatic rings. The molecule has 3 nitrogen and oxygen atoms in total. The SMILES string of the molecule is CCCCCCCCCCCCCCCC(O)OCCCCCCCCCCCCCCCCCO. The minimum atomic E-state index is -0.543. The van der Waals surface area contributed by atoms with Crippen LogP contribution in [0.15, 0.2) is 0 Å². The molecule has 0 aromatic carbocycles. The van der Waals surface area contributed by atoms with Crippen LogP contribution in [0.2, 0.25) is 0 Å². The van der Waals surface area contributed by atoms with Crippen molar-refractivity contribution < 1.29 is 14.9 Å². The van der Waals surface area contributed by atoms with Crippen LogP contribution >= 0.6 is 0 Å². The van der Waals surface area contributed by atoms with Gasteiger partial charge in [-0.25, -0.2) is 0 Å². The lowest BCUT2D eigenvalue weighted by Gasteiger charge is -2.12. The molecule has 0 aliphatic heterocycles. The van der Waals surface area contributed by atoms with Gasteiger partial charge in [0.1, 0.15) is 0 Å². The van der Waals surface area contributed by atoms with Crippen LogP contribution in [-0.2, 0) is 4.74 Å². The van der Waals surface area contributed by atoms with E-state index in [0.717, 1.165) is 32.3 Å². The number of rotatable bonds is 32. The van der Waals surface area contributed by atoms with E-state index in [2.05, 4.69) is 6.92 Å². The second-order valence-electron chi connectivity index (χ2n) is 11.4. The Bertz CT molecular complexity index is 374. The fourth-order valence-electron chi connectivity index (χ4n) is 5.15. The Morgan fingerprint density at radius 3 is 1.08 bits per heavy atom. The fraction of sp³-hybridized carbons (Fsp3) is 1.00. The summed E-state index contributed by atoms with van der Waals surface area (Å²) in [6.07, 6.45) is 37.6. The molecule has 218 valence electrons. The highest BCUT2D eigenvalue weighted by Crippen LogP contribution is 2.15. The Hall–Kier alpha value is -0.120. The van der Waals surface area contributed by atoms with Gasteiger partial charge in [-0.05, 0) is 25.7 Å². The molecular formula is C33H68O3. The maximum Gasteiger partial charge on any atom is 0.154 e. The number of hydrogen-bond donors (Lipinski definition) is 2. The monoisotopic (exact) mass is 513 g/mol. The van der Waals surface area contributed by atoms with E-state index in [1.807, 2.05) is 0 Å². The predicted octanol–water partition coefficient (Wildman–Crippen LogP) is 10.6. The zero-order valence-corrected chi connectivity index (χ0v) is 24.8. The van der Waals surface area contributed by atoms with Crippen LogP contribution in [0.5, 0.6) is 0 Å². The van der Waals surface area contributed by atoms with Crippen molar-refractivity contribution >= 4 is 0 Å². The number of hydrogen-bond acceptors (Lipinski definition) is 3. The van der Waals surface area contributed by atoms with Crippen molar-refractivity contribution in [1.29, 1.82) is 0 Å². The lowest BCUT2D eigenvalue weighted by molar-refractivity contribution is -0.105. The summed E-state index contributed by atoms with van der Waals surface area (Å²) in [4.78, 5) is 0. The van der Waals surface area contributed by atoms with Crippen LogP contribution in [0.4, 0.5) is 0 Å². The van der Waals surface area contributed by atoms with Crippen molar-refractivity contribution in [1.82, 2.24) is 0 Å². The van der Waals surface area contributed by atoms with Crippen molar-refractivity contribution in [2.24, 2.45) is 0 Å². The molecule has 0 aromatic rings. The number of ether oxygens (including phenoxy) is 1. The molecule has 0 rings (SSSR count). The van der Waals surface area contributed by atoms with Crippen LogP contribution in [0.3, 0.4) is 0 Å². The molecule has 0 aromatic heterocycles. The zero-order chi connectivity index (χ0) is 26.2. The van der Waals surface area contributed by atoms with E-state index in [0.29, 0.717) is 6.61 Å². The summed E-state index contributed by atoms with van der Waals surface area (Å²) in [6.45, 7) is 3.36. The van der Waals surface area contributed by atoms with Gasteiger partial charge in [0.15, 0.2) is 6.29 Å². The summed E-state index contributed by atoms with van der Waals surface area (Å²) in [5, 5.41) is 18.8. The molecule has 0 amide bonds. The number of unbranched alkanes of at least 4 members (excludes halogenated alkanes) is 26. The van der Waals surface area contributed by atoms with Gasteiger partial charge >= 0.3 is 0 Å². The molecule has 1 atom stereocenters. The molecule has 0 spiro atoms. The molecule has 0 saturated carbocycles. The summed E-state index contributed by atoms with van der Waals surface area (Å²) >= 11 is 0. The molecule has 36 heavy (non-hydrogen) atoms. The lowest BCUT2D eigenvalue weighted by atomic mass is 10.0. The van der Waals surface area contributed by atoms with E-state index in [1.165, 1.54) is 161 Å². The highest BCUT2D eigenvalue weighted by molar-refractivity contribution is 4.52. The van der Waals surface area contributed by atoms with Crippen LogP contribution in [0.25, 0.3) is 0 Å². The van der Waals surface area contributed by atoms with Crippen molar-refractivity contribution in [2.45, 2.75) is 199 Å². The maximum atomic E-state index is 10.0. The topological polar surface area (TPSA) is 49.7 Å². The van der Waals surface area contributed by atoms with E-state index < -0.39 is 6.29 Å². The Balaban J connectivity index is 3.13. The fourth-order valence-corrected chi connectivity index (χ4v) is 5.15. The van der Waals surface area contributed by atoms with Gasteiger partial charge in [0.05, 0.1) is 0 Å². The van der Waals surface area contributed by atoms with Gasteiger partial charge in [0.2, 0.25) is 0 Å². The smallest absolute Gasteiger partial charge is 0.154 e. The Morgan fingerprint density at radius 1 is 0.417 bits per heavy atom. The molecular weight excluding hydrogens is 444 g/mol. The number of aliphatic hydroxyl groups is 2. The molecule has 3 heteroatoms. The van der Waals surface area contributed by atoms with E-state index in [9.17, 15) is 5.11 Å². The highest BCUT2D eigenvalue weighted by Gasteiger charge is 2.03. The first kappa shape index (κ1) is 35.9. The third kappa shape index (κ3) is 31.9. The Kier molecular flexibility index (Phi) is 32.8. The predicted molar refractivity (Wildman–Crippen MR) is 159 cm³/mol. The van der Waals surface area contributed by atoms with E-state index >= 15 is 0 Å². The molecule has 1 unspecified atom stereocenters. The molecule has 0 radical (unpaired) electrons. The Labute approximate surface area is 227 Å².